The van der Waals surface area contributed by atoms with Crippen molar-refractivity contribution in [2.75, 3.05) is 10.0 Å². The Kier molecular flexibility index (Phi) is 6.87. The van der Waals surface area contributed by atoms with E-state index in [0.717, 1.165) is 16.9 Å². The Hall–Kier alpha value is -3.47. The molecule has 0 aliphatic heterocycles. The third kappa shape index (κ3) is 6.07. The quantitative estimate of drug-likeness (QED) is 0.335. The van der Waals surface area contributed by atoms with Crippen molar-refractivity contribution < 1.29 is 17.9 Å². The lowest BCUT2D eigenvalue weighted by Crippen LogP contribution is -2.12. The summed E-state index contributed by atoms with van der Waals surface area (Å²) in [6.45, 7) is 0.404. The second kappa shape index (κ2) is 9.99. The number of aromatic nitrogens is 2. The molecule has 1 aromatic heterocycles. The molecule has 0 radical (unpaired) electrons. The number of nitrogens with zero attached hydrogens (tertiary/aromatic N) is 2. The van der Waals surface area contributed by atoms with E-state index in [1.165, 1.54) is 0 Å². The van der Waals surface area contributed by atoms with Crippen molar-refractivity contribution in [2.24, 2.45) is 0 Å². The Morgan fingerprint density at radius 3 is 2.33 bits per heavy atom. The number of amides is 1. The highest BCUT2D eigenvalue weighted by molar-refractivity contribution is 7.94. The van der Waals surface area contributed by atoms with E-state index < -0.39 is 15.9 Å². The fourth-order valence-corrected chi connectivity index (χ4v) is 4.78. The maximum absolute atomic E-state index is 12.6. The third-order valence-electron chi connectivity index (χ3n) is 4.32. The maximum Gasteiger partial charge on any atom is 0.291 e. The zero-order valence-electron chi connectivity index (χ0n) is 16.9. The van der Waals surface area contributed by atoms with Crippen LogP contribution >= 0.6 is 22.9 Å². The molecule has 0 saturated carbocycles. The molecule has 0 spiro atoms. The molecular formula is C22H17ClN4O4S2. The van der Waals surface area contributed by atoms with Crippen LogP contribution in [0.25, 0.3) is 0 Å². The number of sulfonamides is 1. The molecule has 1 heterocycles. The number of halogens is 1. The Morgan fingerprint density at radius 1 is 0.939 bits per heavy atom. The van der Waals surface area contributed by atoms with Gasteiger partial charge in [-0.15, -0.1) is 10.2 Å². The summed E-state index contributed by atoms with van der Waals surface area (Å²) >= 11 is 6.55. The second-order valence-corrected chi connectivity index (χ2v) is 10.0. The summed E-state index contributed by atoms with van der Waals surface area (Å²) in [5.74, 6) is 0.149. The number of rotatable bonds is 8. The standard InChI is InChI=1S/C22H17ClN4O4S2/c23-17-8-6-16(7-9-17)20(28)24-21-25-26-22(32-21)33(29,30)27-18-10-12-19(13-11-18)31-14-15-4-2-1-3-5-15/h1-13,27H,14H2,(H,24,25,28). The van der Waals surface area contributed by atoms with Crippen molar-refractivity contribution in [3.05, 3.63) is 95.0 Å². The average Bonchev–Trinajstić information content (AvgIpc) is 3.29. The fourth-order valence-electron chi connectivity index (χ4n) is 2.70. The molecule has 1 amide bonds. The molecule has 0 fully saturated rings. The first kappa shape index (κ1) is 22.7. The van der Waals surface area contributed by atoms with Crippen molar-refractivity contribution >= 4 is 49.7 Å². The number of carbonyl (C=O) groups is 1. The summed E-state index contributed by atoms with van der Waals surface area (Å²) in [6.07, 6.45) is 0. The first-order valence-corrected chi connectivity index (χ1v) is 12.3. The van der Waals surface area contributed by atoms with Gasteiger partial charge < -0.3 is 4.74 Å². The second-order valence-electron chi connectivity index (χ2n) is 6.74. The molecule has 4 rings (SSSR count). The Morgan fingerprint density at radius 2 is 1.64 bits per heavy atom. The molecule has 3 aromatic carbocycles. The first-order chi connectivity index (χ1) is 15.9. The normalized spacial score (nSPS) is 11.1. The highest BCUT2D eigenvalue weighted by Crippen LogP contribution is 2.24. The zero-order valence-corrected chi connectivity index (χ0v) is 19.3. The minimum absolute atomic E-state index is 0.0555. The van der Waals surface area contributed by atoms with E-state index in [9.17, 15) is 13.2 Å². The molecule has 168 valence electrons. The SMILES string of the molecule is O=C(Nc1nnc(S(=O)(=O)Nc2ccc(OCc3ccccc3)cc2)s1)c1ccc(Cl)cc1. The van der Waals surface area contributed by atoms with Crippen LogP contribution in [0.2, 0.25) is 5.02 Å². The van der Waals surface area contributed by atoms with E-state index >= 15 is 0 Å². The summed E-state index contributed by atoms with van der Waals surface area (Å²) in [7, 11) is -3.98. The number of anilines is 2. The molecule has 0 saturated heterocycles. The number of hydrogen-bond acceptors (Lipinski definition) is 7. The summed E-state index contributed by atoms with van der Waals surface area (Å²) in [4.78, 5) is 12.3. The fraction of sp³-hybridized carbons (Fsp3) is 0.0455. The van der Waals surface area contributed by atoms with Gasteiger partial charge in [-0.2, -0.15) is 8.42 Å². The highest BCUT2D eigenvalue weighted by Gasteiger charge is 2.21. The van der Waals surface area contributed by atoms with E-state index in [2.05, 4.69) is 20.2 Å². The molecule has 0 atom stereocenters. The van der Waals surface area contributed by atoms with Crippen LogP contribution in [0.15, 0.2) is 83.2 Å². The van der Waals surface area contributed by atoms with Gasteiger partial charge in [-0.25, -0.2) is 0 Å². The largest absolute Gasteiger partial charge is 0.489 e. The van der Waals surface area contributed by atoms with Gasteiger partial charge in [-0.3, -0.25) is 14.8 Å². The number of carbonyl (C=O) groups excluding carboxylic acids is 1. The Balaban J connectivity index is 1.37. The maximum atomic E-state index is 12.6. The topological polar surface area (TPSA) is 110 Å². The van der Waals surface area contributed by atoms with Gasteiger partial charge in [0.05, 0.1) is 0 Å². The van der Waals surface area contributed by atoms with Crippen LogP contribution < -0.4 is 14.8 Å². The molecular weight excluding hydrogens is 484 g/mol. The van der Waals surface area contributed by atoms with Gasteiger partial charge in [0.25, 0.3) is 20.3 Å². The molecule has 0 unspecified atom stereocenters. The summed E-state index contributed by atoms with van der Waals surface area (Å²) in [6, 6.07) is 22.4. The van der Waals surface area contributed by atoms with Crippen molar-refractivity contribution in [3.8, 4) is 5.75 Å². The van der Waals surface area contributed by atoms with E-state index in [4.69, 9.17) is 16.3 Å². The smallest absolute Gasteiger partial charge is 0.291 e. The van der Waals surface area contributed by atoms with Crippen molar-refractivity contribution in [2.45, 2.75) is 10.9 Å². The van der Waals surface area contributed by atoms with Crippen LogP contribution in [-0.4, -0.2) is 24.5 Å². The van der Waals surface area contributed by atoms with Gasteiger partial charge in [0.2, 0.25) is 5.13 Å². The molecule has 11 heteroatoms. The van der Waals surface area contributed by atoms with Crippen molar-refractivity contribution in [1.29, 1.82) is 0 Å². The van der Waals surface area contributed by atoms with Crippen LogP contribution in [-0.2, 0) is 16.6 Å². The van der Waals surface area contributed by atoms with Crippen molar-refractivity contribution in [3.63, 3.8) is 0 Å². The van der Waals surface area contributed by atoms with Gasteiger partial charge in [0, 0.05) is 16.3 Å². The van der Waals surface area contributed by atoms with Gasteiger partial charge in [0.15, 0.2) is 0 Å². The first-order valence-electron chi connectivity index (χ1n) is 9.59. The summed E-state index contributed by atoms with van der Waals surface area (Å²) in [5.41, 5.74) is 1.72. The predicted molar refractivity (Wildman–Crippen MR) is 127 cm³/mol. The van der Waals surface area contributed by atoms with Crippen LogP contribution in [0.4, 0.5) is 10.8 Å². The molecule has 0 aliphatic rings. The van der Waals surface area contributed by atoms with Crippen LogP contribution in [0.1, 0.15) is 15.9 Å². The molecule has 4 aromatic rings. The van der Waals surface area contributed by atoms with Gasteiger partial charge in [-0.05, 0) is 54.1 Å². The van der Waals surface area contributed by atoms with Crippen molar-refractivity contribution in [1.82, 2.24) is 10.2 Å². The number of benzene rings is 3. The molecule has 0 bridgehead atoms. The molecule has 8 nitrogen and oxygen atoms in total. The summed E-state index contributed by atoms with van der Waals surface area (Å²) < 4.78 is 33.1. The van der Waals surface area contributed by atoms with E-state index in [-0.39, 0.29) is 9.47 Å². The van der Waals surface area contributed by atoms with E-state index in [1.54, 1.807) is 48.5 Å². The zero-order chi connectivity index (χ0) is 23.3. The van der Waals surface area contributed by atoms with Gasteiger partial charge in [0.1, 0.15) is 12.4 Å². The monoisotopic (exact) mass is 500 g/mol. The number of hydrogen-bond donors (Lipinski definition) is 2. The van der Waals surface area contributed by atoms with Gasteiger partial charge >= 0.3 is 0 Å². The summed E-state index contributed by atoms with van der Waals surface area (Å²) in [5, 5.41) is 10.5. The van der Waals surface area contributed by atoms with Crippen LogP contribution in [0.3, 0.4) is 0 Å². The lowest BCUT2D eigenvalue weighted by molar-refractivity contribution is 0.102. The Labute approximate surface area is 199 Å². The molecule has 0 aliphatic carbocycles. The van der Waals surface area contributed by atoms with E-state index in [1.807, 2.05) is 30.3 Å². The highest BCUT2D eigenvalue weighted by atomic mass is 35.5. The average molecular weight is 501 g/mol. The van der Waals surface area contributed by atoms with E-state index in [0.29, 0.717) is 28.6 Å². The number of ether oxygens (including phenoxy) is 1. The van der Waals surface area contributed by atoms with Crippen LogP contribution in [0, 0.1) is 0 Å². The molecule has 33 heavy (non-hydrogen) atoms. The third-order valence-corrected chi connectivity index (χ3v) is 7.16. The minimum Gasteiger partial charge on any atom is -0.489 e. The molecule has 2 N–H and O–H groups in total. The number of nitrogens with one attached hydrogen (secondary N) is 2. The van der Waals surface area contributed by atoms with Crippen LogP contribution in [0.5, 0.6) is 5.75 Å². The van der Waals surface area contributed by atoms with Gasteiger partial charge in [-0.1, -0.05) is 53.3 Å². The minimum atomic E-state index is -3.98. The predicted octanol–water partition coefficient (Wildman–Crippen LogP) is 4.82. The lowest BCUT2D eigenvalue weighted by atomic mass is 10.2. The Bertz CT molecular complexity index is 1340. The lowest BCUT2D eigenvalue weighted by Gasteiger charge is -2.08.